The van der Waals surface area contributed by atoms with Gasteiger partial charge in [-0.15, -0.1) is 0 Å². The van der Waals surface area contributed by atoms with Gasteiger partial charge in [0.05, 0.1) is 11.6 Å². The van der Waals surface area contributed by atoms with E-state index >= 15 is 0 Å². The van der Waals surface area contributed by atoms with Crippen molar-refractivity contribution in [3.8, 4) is 0 Å². The van der Waals surface area contributed by atoms with Crippen molar-refractivity contribution in [1.82, 2.24) is 9.88 Å². The fraction of sp³-hybridized carbons (Fsp3) is 0.455. The third-order valence-electron chi connectivity index (χ3n) is 2.72. The van der Waals surface area contributed by atoms with Crippen molar-refractivity contribution in [2.45, 2.75) is 12.6 Å². The molecular formula is C11H14ClN3OS. The van der Waals surface area contributed by atoms with Crippen LogP contribution in [0, 0.1) is 0 Å². The van der Waals surface area contributed by atoms with Gasteiger partial charge in [-0.1, -0.05) is 23.8 Å². The van der Waals surface area contributed by atoms with Crippen LogP contribution in [-0.2, 0) is 11.3 Å². The van der Waals surface area contributed by atoms with Crippen molar-refractivity contribution >= 4 is 28.8 Å². The molecule has 0 amide bonds. The molecule has 0 aliphatic carbocycles. The number of pyridine rings is 1. The van der Waals surface area contributed by atoms with Crippen LogP contribution in [0.3, 0.4) is 0 Å². The Morgan fingerprint density at radius 1 is 1.71 bits per heavy atom. The molecular weight excluding hydrogens is 258 g/mol. The van der Waals surface area contributed by atoms with Gasteiger partial charge in [-0.2, -0.15) is 0 Å². The summed E-state index contributed by atoms with van der Waals surface area (Å²) < 4.78 is 5.48. The molecule has 2 heterocycles. The highest BCUT2D eigenvalue weighted by Gasteiger charge is 2.22. The van der Waals surface area contributed by atoms with E-state index in [1.807, 2.05) is 6.07 Å². The van der Waals surface area contributed by atoms with Crippen LogP contribution in [0.4, 0.5) is 0 Å². The molecule has 1 fully saturated rings. The first-order valence-corrected chi connectivity index (χ1v) is 6.17. The molecule has 1 aromatic rings. The van der Waals surface area contributed by atoms with Gasteiger partial charge in [-0.25, -0.2) is 0 Å². The predicted molar refractivity (Wildman–Crippen MR) is 71.0 cm³/mol. The highest BCUT2D eigenvalue weighted by atomic mass is 35.5. The van der Waals surface area contributed by atoms with Crippen LogP contribution in [0.1, 0.15) is 5.56 Å². The molecule has 0 saturated carbocycles. The van der Waals surface area contributed by atoms with E-state index in [0.717, 1.165) is 18.7 Å². The average Bonchev–Trinajstić information content (AvgIpc) is 2.32. The molecule has 0 bridgehead atoms. The highest BCUT2D eigenvalue weighted by molar-refractivity contribution is 7.80. The standard InChI is InChI=1S/C11H14ClN3OS/c12-9-5-14-2-1-8(9)6-15-3-4-16-10(7-15)11(13)17/h1-2,5,10H,3-4,6-7H2,(H2,13,17). The number of aromatic nitrogens is 1. The summed E-state index contributed by atoms with van der Waals surface area (Å²) in [7, 11) is 0. The summed E-state index contributed by atoms with van der Waals surface area (Å²) in [6.45, 7) is 2.99. The molecule has 0 radical (unpaired) electrons. The van der Waals surface area contributed by atoms with Gasteiger partial charge in [0.1, 0.15) is 11.1 Å². The van der Waals surface area contributed by atoms with Gasteiger partial charge in [0.25, 0.3) is 0 Å². The highest BCUT2D eigenvalue weighted by Crippen LogP contribution is 2.17. The number of morpholine rings is 1. The number of thiocarbonyl (C=S) groups is 1. The van der Waals surface area contributed by atoms with Crippen LogP contribution in [-0.4, -0.2) is 40.7 Å². The molecule has 1 saturated heterocycles. The quantitative estimate of drug-likeness (QED) is 0.838. The lowest BCUT2D eigenvalue weighted by atomic mass is 10.2. The molecule has 2 N–H and O–H groups in total. The molecule has 1 aliphatic rings. The maximum absolute atomic E-state index is 6.07. The van der Waals surface area contributed by atoms with Gasteiger partial charge in [-0.3, -0.25) is 9.88 Å². The minimum Gasteiger partial charge on any atom is -0.391 e. The van der Waals surface area contributed by atoms with Crippen molar-refractivity contribution in [3.05, 3.63) is 29.0 Å². The number of hydrogen-bond donors (Lipinski definition) is 1. The monoisotopic (exact) mass is 271 g/mol. The van der Waals surface area contributed by atoms with Crippen molar-refractivity contribution in [2.75, 3.05) is 19.7 Å². The molecule has 92 valence electrons. The maximum atomic E-state index is 6.07. The van der Waals surface area contributed by atoms with Crippen molar-refractivity contribution in [1.29, 1.82) is 0 Å². The van der Waals surface area contributed by atoms with E-state index in [4.69, 9.17) is 34.3 Å². The first kappa shape index (κ1) is 12.7. The van der Waals surface area contributed by atoms with Crippen LogP contribution in [0.25, 0.3) is 0 Å². The molecule has 1 aromatic heterocycles. The van der Waals surface area contributed by atoms with Gasteiger partial charge >= 0.3 is 0 Å². The molecule has 1 aliphatic heterocycles. The fourth-order valence-electron chi connectivity index (χ4n) is 1.79. The lowest BCUT2D eigenvalue weighted by molar-refractivity contribution is 0.00391. The largest absolute Gasteiger partial charge is 0.391 e. The molecule has 1 unspecified atom stereocenters. The van der Waals surface area contributed by atoms with E-state index in [1.54, 1.807) is 12.4 Å². The molecule has 2 rings (SSSR count). The van der Waals surface area contributed by atoms with Crippen LogP contribution in [0.15, 0.2) is 18.5 Å². The summed E-state index contributed by atoms with van der Waals surface area (Å²) in [6, 6.07) is 1.92. The number of hydrogen-bond acceptors (Lipinski definition) is 4. The first-order chi connectivity index (χ1) is 8.16. The smallest absolute Gasteiger partial charge is 0.120 e. The van der Waals surface area contributed by atoms with Gasteiger partial charge in [0.2, 0.25) is 0 Å². The molecule has 17 heavy (non-hydrogen) atoms. The van der Waals surface area contributed by atoms with Crippen LogP contribution < -0.4 is 5.73 Å². The summed E-state index contributed by atoms with van der Waals surface area (Å²) in [5.41, 5.74) is 6.66. The van der Waals surface area contributed by atoms with E-state index in [1.165, 1.54) is 0 Å². The number of halogens is 1. The molecule has 0 spiro atoms. The average molecular weight is 272 g/mol. The number of nitrogens with two attached hydrogens (primary N) is 1. The Hall–Kier alpha value is -0.750. The topological polar surface area (TPSA) is 51.4 Å². The summed E-state index contributed by atoms with van der Waals surface area (Å²) in [5, 5.41) is 0.686. The minimum atomic E-state index is -0.153. The molecule has 1 atom stereocenters. The van der Waals surface area contributed by atoms with E-state index in [-0.39, 0.29) is 6.10 Å². The van der Waals surface area contributed by atoms with Gasteiger partial charge in [-0.05, 0) is 11.6 Å². The zero-order valence-corrected chi connectivity index (χ0v) is 10.9. The van der Waals surface area contributed by atoms with Crippen molar-refractivity contribution < 1.29 is 4.74 Å². The van der Waals surface area contributed by atoms with E-state index in [0.29, 0.717) is 23.2 Å². The van der Waals surface area contributed by atoms with Crippen LogP contribution >= 0.6 is 23.8 Å². The number of rotatable bonds is 3. The Morgan fingerprint density at radius 2 is 2.53 bits per heavy atom. The van der Waals surface area contributed by atoms with Crippen LogP contribution in [0.2, 0.25) is 5.02 Å². The Labute approximate surface area is 111 Å². The fourth-order valence-corrected chi connectivity index (χ4v) is 2.11. The zero-order chi connectivity index (χ0) is 12.3. The summed E-state index contributed by atoms with van der Waals surface area (Å²) in [4.78, 5) is 6.61. The minimum absolute atomic E-state index is 0.153. The Bertz CT molecular complexity index is 415. The Morgan fingerprint density at radius 3 is 3.24 bits per heavy atom. The van der Waals surface area contributed by atoms with Gasteiger partial charge < -0.3 is 10.5 Å². The van der Waals surface area contributed by atoms with E-state index in [9.17, 15) is 0 Å². The third kappa shape index (κ3) is 3.35. The van der Waals surface area contributed by atoms with Gasteiger partial charge in [0.15, 0.2) is 0 Å². The second-order valence-corrected chi connectivity index (χ2v) is 4.84. The van der Waals surface area contributed by atoms with E-state index in [2.05, 4.69) is 9.88 Å². The van der Waals surface area contributed by atoms with Crippen molar-refractivity contribution in [3.63, 3.8) is 0 Å². The Balaban J connectivity index is 1.99. The normalized spacial score (nSPS) is 21.4. The summed E-state index contributed by atoms with van der Waals surface area (Å²) in [6.07, 6.45) is 3.24. The lowest BCUT2D eigenvalue weighted by Gasteiger charge is -2.32. The second-order valence-electron chi connectivity index (χ2n) is 3.96. The second kappa shape index (κ2) is 5.73. The first-order valence-electron chi connectivity index (χ1n) is 5.38. The van der Waals surface area contributed by atoms with E-state index < -0.39 is 0 Å². The number of ether oxygens (including phenoxy) is 1. The summed E-state index contributed by atoms with van der Waals surface area (Å²) in [5.74, 6) is 0. The summed E-state index contributed by atoms with van der Waals surface area (Å²) >= 11 is 11.0. The van der Waals surface area contributed by atoms with Gasteiger partial charge in [0, 0.05) is 32.0 Å². The zero-order valence-electron chi connectivity index (χ0n) is 9.30. The Kier molecular flexibility index (Phi) is 4.28. The maximum Gasteiger partial charge on any atom is 0.120 e. The lowest BCUT2D eigenvalue weighted by Crippen LogP contribution is -2.47. The third-order valence-corrected chi connectivity index (χ3v) is 3.32. The molecule has 0 aromatic carbocycles. The van der Waals surface area contributed by atoms with Crippen molar-refractivity contribution in [2.24, 2.45) is 5.73 Å². The SMILES string of the molecule is NC(=S)C1CN(Cc2ccncc2Cl)CCO1. The predicted octanol–water partition coefficient (Wildman–Crippen LogP) is 1.22. The van der Waals surface area contributed by atoms with Crippen LogP contribution in [0.5, 0.6) is 0 Å². The molecule has 4 nitrogen and oxygen atoms in total. The molecule has 6 heteroatoms. The number of nitrogens with zero attached hydrogens (tertiary/aromatic N) is 2.